The van der Waals surface area contributed by atoms with Gasteiger partial charge in [0, 0.05) is 12.6 Å². The number of rotatable bonds is 2. The van der Waals surface area contributed by atoms with Gasteiger partial charge in [0.05, 0.1) is 18.1 Å². The number of carbonyl (C=O) groups is 1. The van der Waals surface area contributed by atoms with E-state index in [-0.39, 0.29) is 23.4 Å². The van der Waals surface area contributed by atoms with Gasteiger partial charge in [-0.1, -0.05) is 6.92 Å². The lowest BCUT2D eigenvalue weighted by atomic mass is 9.78. The molecule has 0 aromatic carbocycles. The third-order valence-corrected chi connectivity index (χ3v) is 4.37. The van der Waals surface area contributed by atoms with Crippen molar-refractivity contribution in [2.24, 2.45) is 17.6 Å². The minimum absolute atomic E-state index is 0.0208. The predicted molar refractivity (Wildman–Crippen MR) is 71.1 cm³/mol. The van der Waals surface area contributed by atoms with Crippen molar-refractivity contribution in [3.63, 3.8) is 0 Å². The molecule has 0 aromatic heterocycles. The molecule has 4 atom stereocenters. The van der Waals surface area contributed by atoms with E-state index < -0.39 is 0 Å². The van der Waals surface area contributed by atoms with Gasteiger partial charge in [0.15, 0.2) is 0 Å². The van der Waals surface area contributed by atoms with Crippen LogP contribution in [-0.2, 0) is 9.53 Å². The Morgan fingerprint density at radius 1 is 1.44 bits per heavy atom. The molecule has 0 aromatic rings. The van der Waals surface area contributed by atoms with Gasteiger partial charge in [0.25, 0.3) is 0 Å². The molecular formula is C14H26N2O2. The number of hydrogen-bond donors (Lipinski definition) is 2. The molecule has 1 amide bonds. The van der Waals surface area contributed by atoms with Crippen molar-refractivity contribution in [1.29, 1.82) is 0 Å². The quantitative estimate of drug-likeness (QED) is 0.783. The highest BCUT2D eigenvalue weighted by atomic mass is 16.5. The van der Waals surface area contributed by atoms with E-state index in [1.54, 1.807) is 0 Å². The lowest BCUT2D eigenvalue weighted by Gasteiger charge is -2.38. The monoisotopic (exact) mass is 254 g/mol. The second kappa shape index (κ2) is 5.57. The summed E-state index contributed by atoms with van der Waals surface area (Å²) >= 11 is 0. The lowest BCUT2D eigenvalue weighted by Crippen LogP contribution is -2.56. The molecule has 0 bridgehead atoms. The highest BCUT2D eigenvalue weighted by molar-refractivity contribution is 5.80. The third-order valence-electron chi connectivity index (χ3n) is 4.37. The molecule has 2 aliphatic rings. The van der Waals surface area contributed by atoms with Crippen LogP contribution in [-0.4, -0.2) is 30.7 Å². The average Bonchev–Trinajstić information content (AvgIpc) is 2.32. The Kier molecular flexibility index (Phi) is 4.28. The van der Waals surface area contributed by atoms with Crippen LogP contribution in [0.4, 0.5) is 0 Å². The summed E-state index contributed by atoms with van der Waals surface area (Å²) in [6.07, 6.45) is 5.04. The van der Waals surface area contributed by atoms with E-state index in [1.807, 2.05) is 0 Å². The van der Waals surface area contributed by atoms with E-state index in [9.17, 15) is 4.79 Å². The zero-order chi connectivity index (χ0) is 13.2. The molecule has 104 valence electrons. The molecule has 0 spiro atoms. The van der Waals surface area contributed by atoms with E-state index in [4.69, 9.17) is 10.5 Å². The molecule has 3 N–H and O–H groups in total. The minimum atomic E-state index is -0.199. The first kappa shape index (κ1) is 13.8. The second-order valence-electron chi connectivity index (χ2n) is 6.39. The van der Waals surface area contributed by atoms with Crippen LogP contribution in [0, 0.1) is 11.8 Å². The Morgan fingerprint density at radius 2 is 2.22 bits per heavy atom. The molecule has 1 aliphatic heterocycles. The molecule has 1 heterocycles. The van der Waals surface area contributed by atoms with Crippen molar-refractivity contribution in [2.45, 2.75) is 57.5 Å². The summed E-state index contributed by atoms with van der Waals surface area (Å²) in [5.74, 6) is 0.713. The van der Waals surface area contributed by atoms with Crippen LogP contribution in [0.5, 0.6) is 0 Å². The maximum absolute atomic E-state index is 12.4. The molecule has 4 nitrogen and oxygen atoms in total. The summed E-state index contributed by atoms with van der Waals surface area (Å²) in [5, 5.41) is 3.17. The third kappa shape index (κ3) is 3.23. The zero-order valence-electron chi connectivity index (χ0n) is 11.6. The Balaban J connectivity index is 1.93. The second-order valence-corrected chi connectivity index (χ2v) is 6.39. The molecule has 4 unspecified atom stereocenters. The van der Waals surface area contributed by atoms with Crippen molar-refractivity contribution >= 4 is 5.91 Å². The van der Waals surface area contributed by atoms with Crippen molar-refractivity contribution < 1.29 is 9.53 Å². The van der Waals surface area contributed by atoms with Gasteiger partial charge in [0.2, 0.25) is 5.91 Å². The summed E-state index contributed by atoms with van der Waals surface area (Å²) in [6.45, 7) is 5.71. The Hall–Kier alpha value is -0.610. The van der Waals surface area contributed by atoms with Crippen LogP contribution >= 0.6 is 0 Å². The summed E-state index contributed by atoms with van der Waals surface area (Å²) < 4.78 is 5.48. The Morgan fingerprint density at radius 3 is 2.89 bits per heavy atom. The Bertz CT molecular complexity index is 300. The molecule has 18 heavy (non-hydrogen) atoms. The topological polar surface area (TPSA) is 64.4 Å². The van der Waals surface area contributed by atoms with Gasteiger partial charge in [-0.2, -0.15) is 0 Å². The van der Waals surface area contributed by atoms with Gasteiger partial charge in [-0.25, -0.2) is 0 Å². The van der Waals surface area contributed by atoms with Gasteiger partial charge in [-0.15, -0.1) is 0 Å². The van der Waals surface area contributed by atoms with Crippen LogP contribution in [0.1, 0.15) is 46.0 Å². The van der Waals surface area contributed by atoms with Crippen LogP contribution in [0.15, 0.2) is 0 Å². The fourth-order valence-electron chi connectivity index (χ4n) is 3.13. The fourth-order valence-corrected chi connectivity index (χ4v) is 3.13. The van der Waals surface area contributed by atoms with E-state index in [2.05, 4.69) is 19.2 Å². The number of hydrogen-bond acceptors (Lipinski definition) is 3. The first-order valence-corrected chi connectivity index (χ1v) is 7.15. The van der Waals surface area contributed by atoms with Gasteiger partial charge < -0.3 is 15.8 Å². The van der Waals surface area contributed by atoms with Gasteiger partial charge in [-0.3, -0.25) is 4.79 Å². The average molecular weight is 254 g/mol. The van der Waals surface area contributed by atoms with Crippen LogP contribution in [0.3, 0.4) is 0 Å². The maximum Gasteiger partial charge on any atom is 0.225 e. The molecule has 2 rings (SSSR count). The Labute approximate surface area is 110 Å². The standard InChI is InChI=1S/C14H26N2O2/c1-10-4-5-12(15)11(8-10)13(17)16-14(2)6-3-7-18-9-14/h10-12H,3-9,15H2,1-2H3,(H,16,17). The smallest absolute Gasteiger partial charge is 0.225 e. The van der Waals surface area contributed by atoms with Crippen LogP contribution in [0.2, 0.25) is 0 Å². The van der Waals surface area contributed by atoms with Crippen molar-refractivity contribution in [3.05, 3.63) is 0 Å². The largest absolute Gasteiger partial charge is 0.379 e. The van der Waals surface area contributed by atoms with Crippen molar-refractivity contribution in [3.8, 4) is 0 Å². The summed E-state index contributed by atoms with van der Waals surface area (Å²) in [4.78, 5) is 12.4. The van der Waals surface area contributed by atoms with E-state index >= 15 is 0 Å². The number of nitrogens with two attached hydrogens (primary N) is 1. The van der Waals surface area contributed by atoms with Crippen molar-refractivity contribution in [1.82, 2.24) is 5.32 Å². The lowest BCUT2D eigenvalue weighted by molar-refractivity contribution is -0.130. The maximum atomic E-state index is 12.4. The zero-order valence-corrected chi connectivity index (χ0v) is 11.6. The first-order chi connectivity index (χ1) is 8.50. The summed E-state index contributed by atoms with van der Waals surface area (Å²) in [5.41, 5.74) is 5.90. The molecule has 0 radical (unpaired) electrons. The van der Waals surface area contributed by atoms with Crippen LogP contribution in [0.25, 0.3) is 0 Å². The molecule has 1 aliphatic carbocycles. The number of amides is 1. The fraction of sp³-hybridized carbons (Fsp3) is 0.929. The van der Waals surface area contributed by atoms with Gasteiger partial charge in [-0.05, 0) is 44.9 Å². The molecule has 1 saturated heterocycles. The minimum Gasteiger partial charge on any atom is -0.379 e. The molecular weight excluding hydrogens is 228 g/mol. The van der Waals surface area contributed by atoms with Gasteiger partial charge in [0.1, 0.15) is 0 Å². The molecule has 1 saturated carbocycles. The summed E-state index contributed by atoms with van der Waals surface area (Å²) in [6, 6.07) is 0.0225. The SMILES string of the molecule is CC1CCC(N)C(C(=O)NC2(C)CCCOC2)C1. The number of ether oxygens (including phenoxy) is 1. The van der Waals surface area contributed by atoms with Crippen LogP contribution < -0.4 is 11.1 Å². The molecule has 4 heteroatoms. The van der Waals surface area contributed by atoms with Crippen molar-refractivity contribution in [2.75, 3.05) is 13.2 Å². The van der Waals surface area contributed by atoms with E-state index in [0.717, 1.165) is 38.7 Å². The highest BCUT2D eigenvalue weighted by Gasteiger charge is 2.36. The predicted octanol–water partition coefficient (Wildman–Crippen LogP) is 1.44. The summed E-state index contributed by atoms with van der Waals surface area (Å²) in [7, 11) is 0. The highest BCUT2D eigenvalue weighted by Crippen LogP contribution is 2.29. The number of carbonyl (C=O) groups excluding carboxylic acids is 1. The number of nitrogens with one attached hydrogen (secondary N) is 1. The van der Waals surface area contributed by atoms with E-state index in [0.29, 0.717) is 12.5 Å². The first-order valence-electron chi connectivity index (χ1n) is 7.15. The molecule has 2 fully saturated rings. The normalized spacial score (nSPS) is 41.4. The van der Waals surface area contributed by atoms with E-state index in [1.165, 1.54) is 0 Å². The van der Waals surface area contributed by atoms with Gasteiger partial charge >= 0.3 is 0 Å².